The first-order valence-electron chi connectivity index (χ1n) is 8.96. The number of nitrogens with zero attached hydrogens (tertiary/aromatic N) is 3. The molecule has 134 valence electrons. The van der Waals surface area contributed by atoms with Gasteiger partial charge in [0, 0.05) is 18.4 Å². The summed E-state index contributed by atoms with van der Waals surface area (Å²) >= 11 is 1.39. The van der Waals surface area contributed by atoms with Crippen LogP contribution in [0.2, 0.25) is 0 Å². The van der Waals surface area contributed by atoms with Crippen molar-refractivity contribution in [2.45, 2.75) is 59.4 Å². The largest absolute Gasteiger partial charge is 0.349 e. The number of nitrogens with one attached hydrogen (secondary N) is 1. The van der Waals surface area contributed by atoms with Crippen LogP contribution in [-0.2, 0) is 6.42 Å². The quantitative estimate of drug-likeness (QED) is 0.893. The molecule has 2 aromatic rings. The molecular formula is C19H26N4OS. The van der Waals surface area contributed by atoms with Crippen LogP contribution in [0.4, 0.5) is 0 Å². The summed E-state index contributed by atoms with van der Waals surface area (Å²) < 4.78 is 0. The number of hydrogen-bond acceptors (Lipinski definition) is 5. The maximum atomic E-state index is 12.9. The third-order valence-electron chi connectivity index (χ3n) is 4.72. The van der Waals surface area contributed by atoms with E-state index in [-0.39, 0.29) is 17.4 Å². The molecule has 1 aliphatic rings. The number of thiazole rings is 1. The van der Waals surface area contributed by atoms with Gasteiger partial charge in [-0.2, -0.15) is 0 Å². The van der Waals surface area contributed by atoms with E-state index in [1.807, 2.05) is 6.92 Å². The number of carbonyl (C=O) groups excluding carboxylic acids is 1. The monoisotopic (exact) mass is 358 g/mol. The average molecular weight is 359 g/mol. The molecule has 0 aromatic carbocycles. The summed E-state index contributed by atoms with van der Waals surface area (Å²) in [5, 5.41) is 3.96. The van der Waals surface area contributed by atoms with Crippen LogP contribution in [0.1, 0.15) is 62.3 Å². The second-order valence-corrected chi connectivity index (χ2v) is 8.80. The van der Waals surface area contributed by atoms with Gasteiger partial charge >= 0.3 is 0 Å². The molecule has 1 aliphatic carbocycles. The van der Waals surface area contributed by atoms with Gasteiger partial charge in [0.05, 0.1) is 5.69 Å². The van der Waals surface area contributed by atoms with Crippen LogP contribution in [0.5, 0.6) is 0 Å². The summed E-state index contributed by atoms with van der Waals surface area (Å²) in [4.78, 5) is 26.7. The Morgan fingerprint density at radius 2 is 2.04 bits per heavy atom. The molecule has 1 saturated carbocycles. The smallest absolute Gasteiger partial charge is 0.263 e. The van der Waals surface area contributed by atoms with Gasteiger partial charge in [-0.1, -0.05) is 27.7 Å². The summed E-state index contributed by atoms with van der Waals surface area (Å²) in [6.07, 6.45) is 7.40. The van der Waals surface area contributed by atoms with E-state index in [9.17, 15) is 4.79 Å². The highest BCUT2D eigenvalue weighted by molar-refractivity contribution is 7.17. The maximum Gasteiger partial charge on any atom is 0.263 e. The molecule has 1 amide bonds. The van der Waals surface area contributed by atoms with Crippen molar-refractivity contribution in [3.63, 3.8) is 0 Å². The van der Waals surface area contributed by atoms with Crippen molar-refractivity contribution in [2.24, 2.45) is 11.3 Å². The molecule has 2 aromatic heterocycles. The number of rotatable bonds is 4. The third kappa shape index (κ3) is 4.24. The summed E-state index contributed by atoms with van der Waals surface area (Å²) in [7, 11) is 0. The van der Waals surface area contributed by atoms with Crippen LogP contribution in [-0.4, -0.2) is 26.9 Å². The van der Waals surface area contributed by atoms with Crippen LogP contribution in [0.15, 0.2) is 18.5 Å². The third-order valence-corrected chi connectivity index (χ3v) is 5.81. The van der Waals surface area contributed by atoms with E-state index in [2.05, 4.69) is 41.0 Å². The highest BCUT2D eigenvalue weighted by atomic mass is 32.1. The Morgan fingerprint density at radius 1 is 1.32 bits per heavy atom. The lowest BCUT2D eigenvalue weighted by atomic mass is 9.70. The maximum absolute atomic E-state index is 12.9. The van der Waals surface area contributed by atoms with E-state index in [1.54, 1.807) is 18.5 Å². The van der Waals surface area contributed by atoms with Crippen molar-refractivity contribution in [3.05, 3.63) is 29.0 Å². The van der Waals surface area contributed by atoms with Crippen molar-refractivity contribution >= 4 is 17.2 Å². The van der Waals surface area contributed by atoms with Crippen molar-refractivity contribution in [2.75, 3.05) is 0 Å². The summed E-state index contributed by atoms with van der Waals surface area (Å²) in [5.74, 6) is 1.20. The standard InChI is InChI=1S/C19H26N4OS/c1-5-14-15(25-18(23-14)16-20-7-6-8-21-16)17(24)22-13-9-12(2)10-19(3,4)11-13/h6-8,12-13H,5,9-11H2,1-4H3,(H,22,24). The molecule has 0 spiro atoms. The number of aromatic nitrogens is 3. The zero-order valence-corrected chi connectivity index (χ0v) is 16.2. The molecule has 0 radical (unpaired) electrons. The zero-order chi connectivity index (χ0) is 18.0. The fraction of sp³-hybridized carbons (Fsp3) is 0.579. The SMILES string of the molecule is CCc1nc(-c2ncccn2)sc1C(=O)NC1CC(C)CC(C)(C)C1. The Balaban J connectivity index is 1.79. The molecule has 0 bridgehead atoms. The van der Waals surface area contributed by atoms with E-state index in [0.29, 0.717) is 21.6 Å². The predicted octanol–water partition coefficient (Wildman–Crippen LogP) is 4.11. The van der Waals surface area contributed by atoms with Gasteiger partial charge < -0.3 is 5.32 Å². The molecule has 6 heteroatoms. The van der Waals surface area contributed by atoms with Gasteiger partial charge in [-0.3, -0.25) is 4.79 Å². The minimum Gasteiger partial charge on any atom is -0.349 e. The number of amides is 1. The molecule has 0 saturated heterocycles. The Morgan fingerprint density at radius 3 is 2.68 bits per heavy atom. The number of hydrogen-bond donors (Lipinski definition) is 1. The van der Waals surface area contributed by atoms with Gasteiger partial charge in [0.25, 0.3) is 5.91 Å². The molecule has 2 atom stereocenters. The Kier molecular flexibility index (Phi) is 5.18. The summed E-state index contributed by atoms with van der Waals surface area (Å²) in [5.41, 5.74) is 1.10. The lowest BCUT2D eigenvalue weighted by Gasteiger charge is -2.39. The lowest BCUT2D eigenvalue weighted by molar-refractivity contribution is 0.0877. The van der Waals surface area contributed by atoms with Crippen LogP contribution in [0, 0.1) is 11.3 Å². The normalized spacial score (nSPS) is 22.6. The van der Waals surface area contributed by atoms with E-state index in [0.717, 1.165) is 25.0 Å². The topological polar surface area (TPSA) is 67.8 Å². The van der Waals surface area contributed by atoms with E-state index in [4.69, 9.17) is 0 Å². The molecule has 1 fully saturated rings. The highest BCUT2D eigenvalue weighted by Gasteiger charge is 2.33. The summed E-state index contributed by atoms with van der Waals surface area (Å²) in [6, 6.07) is 2.01. The van der Waals surface area contributed by atoms with Crippen molar-refractivity contribution in [1.29, 1.82) is 0 Å². The van der Waals surface area contributed by atoms with Crippen LogP contribution in [0.3, 0.4) is 0 Å². The Labute approximate surface area is 153 Å². The second-order valence-electron chi connectivity index (χ2n) is 7.80. The second kappa shape index (κ2) is 7.20. The predicted molar refractivity (Wildman–Crippen MR) is 101 cm³/mol. The van der Waals surface area contributed by atoms with Gasteiger partial charge in [-0.05, 0) is 43.1 Å². The molecule has 1 N–H and O–H groups in total. The Hall–Kier alpha value is -1.82. The van der Waals surface area contributed by atoms with Gasteiger partial charge in [0.1, 0.15) is 4.88 Å². The van der Waals surface area contributed by atoms with Crippen LogP contribution in [0.25, 0.3) is 10.8 Å². The average Bonchev–Trinajstić information content (AvgIpc) is 2.98. The first-order valence-corrected chi connectivity index (χ1v) is 9.77. The minimum atomic E-state index is -0.00793. The molecule has 3 rings (SSSR count). The van der Waals surface area contributed by atoms with Gasteiger partial charge in [0.15, 0.2) is 10.8 Å². The highest BCUT2D eigenvalue weighted by Crippen LogP contribution is 2.38. The lowest BCUT2D eigenvalue weighted by Crippen LogP contribution is -2.43. The van der Waals surface area contributed by atoms with E-state index >= 15 is 0 Å². The van der Waals surface area contributed by atoms with E-state index in [1.165, 1.54) is 17.8 Å². The fourth-order valence-electron chi connectivity index (χ4n) is 3.98. The van der Waals surface area contributed by atoms with Crippen molar-refractivity contribution in [3.8, 4) is 10.8 Å². The molecule has 5 nitrogen and oxygen atoms in total. The van der Waals surface area contributed by atoms with Crippen LogP contribution < -0.4 is 5.32 Å². The molecule has 2 heterocycles. The van der Waals surface area contributed by atoms with Gasteiger partial charge in [-0.25, -0.2) is 15.0 Å². The van der Waals surface area contributed by atoms with Crippen molar-refractivity contribution < 1.29 is 4.79 Å². The van der Waals surface area contributed by atoms with Crippen molar-refractivity contribution in [1.82, 2.24) is 20.3 Å². The molecule has 0 aliphatic heterocycles. The minimum absolute atomic E-state index is 0.00793. The van der Waals surface area contributed by atoms with E-state index < -0.39 is 0 Å². The first-order chi connectivity index (χ1) is 11.9. The Bertz CT molecular complexity index is 741. The molecule has 25 heavy (non-hydrogen) atoms. The van der Waals surface area contributed by atoms with Gasteiger partial charge in [-0.15, -0.1) is 11.3 Å². The number of aryl methyl sites for hydroxylation is 1. The zero-order valence-electron chi connectivity index (χ0n) is 15.4. The molecule has 2 unspecified atom stereocenters. The first kappa shape index (κ1) is 18.0. The molecular weight excluding hydrogens is 332 g/mol. The van der Waals surface area contributed by atoms with Crippen LogP contribution >= 0.6 is 11.3 Å². The number of carbonyl (C=O) groups is 1. The fourth-order valence-corrected chi connectivity index (χ4v) is 4.99. The summed E-state index contributed by atoms with van der Waals surface area (Å²) in [6.45, 7) is 8.87. The van der Waals surface area contributed by atoms with Gasteiger partial charge in [0.2, 0.25) is 0 Å².